The summed E-state index contributed by atoms with van der Waals surface area (Å²) in [6, 6.07) is 11.0. The van der Waals surface area contributed by atoms with Gasteiger partial charge in [-0.2, -0.15) is 0 Å². The second-order valence-corrected chi connectivity index (χ2v) is 6.85. The molecule has 130 valence electrons. The lowest BCUT2D eigenvalue weighted by Gasteiger charge is -2.00. The maximum absolute atomic E-state index is 12.2. The maximum atomic E-state index is 12.2. The van der Waals surface area contributed by atoms with E-state index in [-0.39, 0.29) is 11.7 Å². The van der Waals surface area contributed by atoms with Crippen LogP contribution in [0.4, 0.5) is 5.13 Å². The molecule has 0 aliphatic rings. The van der Waals surface area contributed by atoms with Crippen molar-refractivity contribution in [2.45, 2.75) is 20.0 Å². The van der Waals surface area contributed by atoms with E-state index in [0.29, 0.717) is 35.5 Å². The van der Waals surface area contributed by atoms with Crippen molar-refractivity contribution in [3.05, 3.63) is 69.6 Å². The van der Waals surface area contributed by atoms with E-state index in [1.165, 1.54) is 11.3 Å². The number of nitrogens with one attached hydrogen (secondary N) is 1. The Morgan fingerprint density at radius 2 is 2.24 bits per heavy atom. The molecule has 1 aromatic carbocycles. The minimum atomic E-state index is -0.327. The van der Waals surface area contributed by atoms with Gasteiger partial charge in [-0.05, 0) is 36.8 Å². The van der Waals surface area contributed by atoms with Crippen molar-refractivity contribution in [2.24, 2.45) is 0 Å². The summed E-state index contributed by atoms with van der Waals surface area (Å²) in [5, 5.41) is 3.99. The van der Waals surface area contributed by atoms with Crippen molar-refractivity contribution in [1.29, 1.82) is 0 Å². The first-order valence-electron chi connectivity index (χ1n) is 7.81. The average molecular weight is 377 g/mol. The third-order valence-electron chi connectivity index (χ3n) is 3.38. The zero-order valence-corrected chi connectivity index (χ0v) is 15.2. The zero-order valence-electron chi connectivity index (χ0n) is 13.6. The Hall–Kier alpha value is -2.15. The molecule has 5 nitrogen and oxygen atoms in total. The number of furan rings is 1. The number of nitrogens with zero attached hydrogens (tertiary/aromatic N) is 1. The summed E-state index contributed by atoms with van der Waals surface area (Å²) in [6.45, 7) is 2.85. The van der Waals surface area contributed by atoms with Gasteiger partial charge in [0.25, 0.3) is 5.91 Å². The van der Waals surface area contributed by atoms with Gasteiger partial charge in [-0.15, -0.1) is 11.3 Å². The molecule has 3 rings (SSSR count). The number of aromatic nitrogens is 1. The Kier molecular flexibility index (Phi) is 5.86. The van der Waals surface area contributed by atoms with Crippen LogP contribution in [-0.4, -0.2) is 17.5 Å². The molecular weight excluding hydrogens is 360 g/mol. The van der Waals surface area contributed by atoms with Gasteiger partial charge >= 0.3 is 0 Å². The molecule has 0 unspecified atom stereocenters. The summed E-state index contributed by atoms with van der Waals surface area (Å²) in [4.78, 5) is 17.5. The fourth-order valence-corrected chi connectivity index (χ4v) is 3.29. The number of hydrogen-bond donors (Lipinski definition) is 1. The Bertz CT molecular complexity index is 859. The summed E-state index contributed by atoms with van der Waals surface area (Å²) in [6.07, 6.45) is 2.47. The van der Waals surface area contributed by atoms with E-state index < -0.39 is 0 Å². The molecule has 1 amide bonds. The monoisotopic (exact) mass is 376 g/mol. The molecule has 2 heterocycles. The summed E-state index contributed by atoms with van der Waals surface area (Å²) in [5.74, 6) is 0.528. The van der Waals surface area contributed by atoms with Gasteiger partial charge in [0, 0.05) is 29.1 Å². The quantitative estimate of drug-likeness (QED) is 0.645. The number of benzene rings is 1. The smallest absolute Gasteiger partial charge is 0.293 e. The van der Waals surface area contributed by atoms with Gasteiger partial charge in [-0.1, -0.05) is 23.7 Å². The van der Waals surface area contributed by atoms with Gasteiger partial charge in [0.15, 0.2) is 10.9 Å². The summed E-state index contributed by atoms with van der Waals surface area (Å²) >= 11 is 7.42. The predicted octanol–water partition coefficient (Wildman–Crippen LogP) is 4.77. The lowest BCUT2D eigenvalue weighted by atomic mass is 10.1. The molecule has 0 spiro atoms. The van der Waals surface area contributed by atoms with Crippen molar-refractivity contribution in [1.82, 2.24) is 4.98 Å². The third kappa shape index (κ3) is 4.92. The van der Waals surface area contributed by atoms with Gasteiger partial charge in [0.2, 0.25) is 0 Å². The number of amides is 1. The van der Waals surface area contributed by atoms with Crippen molar-refractivity contribution in [3.63, 3.8) is 0 Å². The molecule has 2 aromatic heterocycles. The zero-order chi connectivity index (χ0) is 17.6. The number of carbonyl (C=O) groups is 1. The molecule has 0 fully saturated rings. The Morgan fingerprint density at radius 3 is 3.04 bits per heavy atom. The number of ether oxygens (including phenoxy) is 1. The van der Waals surface area contributed by atoms with Crippen LogP contribution >= 0.6 is 22.9 Å². The maximum Gasteiger partial charge on any atom is 0.293 e. The molecule has 0 bridgehead atoms. The van der Waals surface area contributed by atoms with Crippen molar-refractivity contribution in [3.8, 4) is 0 Å². The number of thiazole rings is 1. The molecule has 0 saturated heterocycles. The fraction of sp³-hybridized carbons (Fsp3) is 0.222. The van der Waals surface area contributed by atoms with Crippen LogP contribution in [0.2, 0.25) is 5.02 Å². The summed E-state index contributed by atoms with van der Waals surface area (Å²) in [7, 11) is 0. The SMILES string of the molecule is CCOCc1ccc(C(=O)Nc2ncc(Cc3cccc(Cl)c3)s2)o1. The number of halogens is 1. The van der Waals surface area contributed by atoms with Crippen LogP contribution < -0.4 is 5.32 Å². The summed E-state index contributed by atoms with van der Waals surface area (Å²) < 4.78 is 10.7. The predicted molar refractivity (Wildman–Crippen MR) is 98.4 cm³/mol. The van der Waals surface area contributed by atoms with E-state index in [0.717, 1.165) is 10.4 Å². The molecule has 25 heavy (non-hydrogen) atoms. The largest absolute Gasteiger partial charge is 0.453 e. The van der Waals surface area contributed by atoms with Gasteiger partial charge in [0.05, 0.1) is 0 Å². The molecule has 0 atom stereocenters. The minimum absolute atomic E-state index is 0.237. The van der Waals surface area contributed by atoms with Crippen LogP contribution in [0.25, 0.3) is 0 Å². The topological polar surface area (TPSA) is 64.4 Å². The Labute approximate surface area is 154 Å². The van der Waals surface area contributed by atoms with Crippen LogP contribution in [0.5, 0.6) is 0 Å². The van der Waals surface area contributed by atoms with Crippen LogP contribution in [0.15, 0.2) is 47.0 Å². The normalized spacial score (nSPS) is 10.8. The van der Waals surface area contributed by atoms with Crippen LogP contribution in [0.1, 0.15) is 33.7 Å². The van der Waals surface area contributed by atoms with E-state index in [1.54, 1.807) is 18.3 Å². The molecule has 1 N–H and O–H groups in total. The van der Waals surface area contributed by atoms with E-state index >= 15 is 0 Å². The van der Waals surface area contributed by atoms with E-state index in [1.807, 2.05) is 31.2 Å². The van der Waals surface area contributed by atoms with Crippen LogP contribution in [0, 0.1) is 0 Å². The van der Waals surface area contributed by atoms with Gasteiger partial charge in [-0.3, -0.25) is 10.1 Å². The number of hydrogen-bond acceptors (Lipinski definition) is 5. The van der Waals surface area contributed by atoms with Crippen LogP contribution in [-0.2, 0) is 17.8 Å². The molecule has 7 heteroatoms. The van der Waals surface area contributed by atoms with Gasteiger partial charge in [-0.25, -0.2) is 4.98 Å². The second kappa shape index (κ2) is 8.29. The van der Waals surface area contributed by atoms with Crippen LogP contribution in [0.3, 0.4) is 0 Å². The van der Waals surface area contributed by atoms with Crippen molar-refractivity contribution >= 4 is 34.0 Å². The van der Waals surface area contributed by atoms with E-state index in [9.17, 15) is 4.79 Å². The lowest BCUT2D eigenvalue weighted by molar-refractivity contribution is 0.0972. The van der Waals surface area contributed by atoms with Gasteiger partial charge in [0.1, 0.15) is 12.4 Å². The fourth-order valence-electron chi connectivity index (χ4n) is 2.23. The summed E-state index contributed by atoms with van der Waals surface area (Å²) in [5.41, 5.74) is 1.10. The first-order chi connectivity index (χ1) is 12.1. The average Bonchev–Trinajstić information content (AvgIpc) is 3.22. The standard InChI is InChI=1S/C18H17ClN2O3S/c1-2-23-11-14-6-7-16(24-14)17(22)21-18-20-10-15(25-18)9-12-4-3-5-13(19)8-12/h3-8,10H,2,9,11H2,1H3,(H,20,21,22). The molecule has 0 aliphatic carbocycles. The number of anilines is 1. The lowest BCUT2D eigenvalue weighted by Crippen LogP contribution is -2.10. The van der Waals surface area contributed by atoms with Crippen molar-refractivity contribution < 1.29 is 13.9 Å². The Balaban J connectivity index is 1.60. The highest BCUT2D eigenvalue weighted by atomic mass is 35.5. The molecule has 0 aliphatic heterocycles. The molecule has 0 saturated carbocycles. The van der Waals surface area contributed by atoms with E-state index in [4.69, 9.17) is 20.8 Å². The Morgan fingerprint density at radius 1 is 1.36 bits per heavy atom. The first-order valence-corrected chi connectivity index (χ1v) is 9.00. The molecular formula is C18H17ClN2O3S. The molecule has 0 radical (unpaired) electrons. The number of carbonyl (C=O) groups excluding carboxylic acids is 1. The molecule has 3 aromatic rings. The minimum Gasteiger partial charge on any atom is -0.453 e. The first kappa shape index (κ1) is 17.7. The highest BCUT2D eigenvalue weighted by Gasteiger charge is 2.13. The van der Waals surface area contributed by atoms with E-state index in [2.05, 4.69) is 10.3 Å². The highest BCUT2D eigenvalue weighted by Crippen LogP contribution is 2.23. The van der Waals surface area contributed by atoms with Gasteiger partial charge < -0.3 is 9.15 Å². The highest BCUT2D eigenvalue weighted by molar-refractivity contribution is 7.15. The third-order valence-corrected chi connectivity index (χ3v) is 4.52. The van der Waals surface area contributed by atoms with Crippen molar-refractivity contribution in [2.75, 3.05) is 11.9 Å². The second-order valence-electron chi connectivity index (χ2n) is 5.30. The number of rotatable bonds is 7.